The van der Waals surface area contributed by atoms with Crippen LogP contribution in [0.5, 0.6) is 0 Å². The molecule has 0 atom stereocenters. The molecule has 1 aromatic carbocycles. The lowest BCUT2D eigenvalue weighted by Gasteiger charge is -2.34. The van der Waals surface area contributed by atoms with Crippen LogP contribution in [-0.2, 0) is 0 Å². The molecule has 0 radical (unpaired) electrons. The van der Waals surface area contributed by atoms with E-state index in [2.05, 4.69) is 15.2 Å². The average molecular weight is 382 g/mol. The van der Waals surface area contributed by atoms with Gasteiger partial charge in [-0.2, -0.15) is 0 Å². The van der Waals surface area contributed by atoms with Crippen LogP contribution in [0.2, 0.25) is 0 Å². The van der Waals surface area contributed by atoms with E-state index in [0.29, 0.717) is 25.3 Å². The molecule has 2 amide bonds. The number of carbonyl (C=O) groups excluding carboxylic acids is 2. The summed E-state index contributed by atoms with van der Waals surface area (Å²) >= 11 is 1.45. The van der Waals surface area contributed by atoms with E-state index in [4.69, 9.17) is 0 Å². The maximum Gasteiger partial charge on any atom is 0.270 e. The minimum Gasteiger partial charge on any atom is -0.351 e. The van der Waals surface area contributed by atoms with Crippen molar-refractivity contribution in [1.82, 2.24) is 20.1 Å². The summed E-state index contributed by atoms with van der Waals surface area (Å²) in [5.74, 6) is 0.0365. The van der Waals surface area contributed by atoms with Crippen LogP contribution in [0.3, 0.4) is 0 Å². The molecule has 2 N–H and O–H groups in total. The van der Waals surface area contributed by atoms with Crippen molar-refractivity contribution in [1.29, 1.82) is 0 Å². The number of benzene rings is 1. The van der Waals surface area contributed by atoms with Gasteiger partial charge in [0.15, 0.2) is 0 Å². The number of nitrogens with one attached hydrogen (secondary N) is 2. The molecule has 7 heteroatoms. The third-order valence-electron chi connectivity index (χ3n) is 4.88. The van der Waals surface area contributed by atoms with Crippen LogP contribution in [0.1, 0.15) is 20.2 Å². The molecule has 0 saturated carbocycles. The van der Waals surface area contributed by atoms with Crippen molar-refractivity contribution in [2.24, 2.45) is 0 Å². The van der Waals surface area contributed by atoms with Crippen LogP contribution in [0.15, 0.2) is 47.8 Å². The number of hydrogen-bond acceptors (Lipinski definition) is 4. The second-order valence-electron chi connectivity index (χ2n) is 6.64. The average Bonchev–Trinajstić information content (AvgIpc) is 3.37. The Labute approximate surface area is 161 Å². The molecule has 0 bridgehead atoms. The number of thiophene rings is 1. The van der Waals surface area contributed by atoms with E-state index in [1.807, 2.05) is 52.7 Å². The van der Waals surface area contributed by atoms with Gasteiger partial charge in [0.2, 0.25) is 0 Å². The molecule has 3 aromatic rings. The van der Waals surface area contributed by atoms with E-state index >= 15 is 0 Å². The van der Waals surface area contributed by atoms with Gasteiger partial charge >= 0.3 is 0 Å². The van der Waals surface area contributed by atoms with E-state index in [1.165, 1.54) is 11.3 Å². The van der Waals surface area contributed by atoms with Gasteiger partial charge in [-0.3, -0.25) is 14.5 Å². The van der Waals surface area contributed by atoms with Crippen molar-refractivity contribution in [2.75, 3.05) is 39.3 Å². The first-order valence-electron chi connectivity index (χ1n) is 9.12. The van der Waals surface area contributed by atoms with Crippen LogP contribution in [0.4, 0.5) is 0 Å². The second kappa shape index (κ2) is 7.94. The monoisotopic (exact) mass is 382 g/mol. The van der Waals surface area contributed by atoms with Crippen molar-refractivity contribution in [2.45, 2.75) is 0 Å². The zero-order valence-corrected chi connectivity index (χ0v) is 15.8. The molecule has 1 aliphatic heterocycles. The number of rotatable bonds is 5. The number of H-pyrrole nitrogens is 1. The lowest BCUT2D eigenvalue weighted by molar-refractivity contribution is 0.0633. The highest BCUT2D eigenvalue weighted by atomic mass is 32.1. The van der Waals surface area contributed by atoms with Crippen molar-refractivity contribution in [3.63, 3.8) is 0 Å². The molecule has 1 saturated heterocycles. The van der Waals surface area contributed by atoms with Gasteiger partial charge in [-0.05, 0) is 23.6 Å². The number of piperazine rings is 1. The fourth-order valence-corrected chi connectivity index (χ4v) is 4.00. The van der Waals surface area contributed by atoms with E-state index in [9.17, 15) is 9.59 Å². The molecule has 0 unspecified atom stereocenters. The standard InChI is InChI=1S/C20H22N4O2S/c25-19(18-6-3-13-27-18)21-7-8-23-9-11-24(12-10-23)20(26)17-14-15-4-1-2-5-16(15)22-17/h1-6,13-14,22H,7-12H2,(H,21,25). The van der Waals surface area contributed by atoms with Crippen molar-refractivity contribution in [3.05, 3.63) is 58.4 Å². The normalized spacial score (nSPS) is 15.2. The van der Waals surface area contributed by atoms with Crippen LogP contribution in [0.25, 0.3) is 10.9 Å². The van der Waals surface area contributed by atoms with Gasteiger partial charge < -0.3 is 15.2 Å². The van der Waals surface area contributed by atoms with E-state index < -0.39 is 0 Å². The fourth-order valence-electron chi connectivity index (χ4n) is 3.36. The van der Waals surface area contributed by atoms with Crippen LogP contribution in [0, 0.1) is 0 Å². The molecule has 3 heterocycles. The summed E-state index contributed by atoms with van der Waals surface area (Å²) in [5, 5.41) is 5.91. The highest BCUT2D eigenvalue weighted by Crippen LogP contribution is 2.17. The molecular weight excluding hydrogens is 360 g/mol. The van der Waals surface area contributed by atoms with Crippen LogP contribution < -0.4 is 5.32 Å². The Morgan fingerprint density at radius 1 is 1.07 bits per heavy atom. The van der Waals surface area contributed by atoms with Gasteiger partial charge in [0, 0.05) is 50.2 Å². The Morgan fingerprint density at radius 2 is 1.89 bits per heavy atom. The summed E-state index contributed by atoms with van der Waals surface area (Å²) in [6.45, 7) is 4.46. The third-order valence-corrected chi connectivity index (χ3v) is 5.75. The van der Waals surface area contributed by atoms with Gasteiger partial charge in [0.25, 0.3) is 11.8 Å². The van der Waals surface area contributed by atoms with E-state index in [0.717, 1.165) is 35.4 Å². The number of para-hydroxylation sites is 1. The molecule has 2 aromatic heterocycles. The fraction of sp³-hybridized carbons (Fsp3) is 0.300. The number of fused-ring (bicyclic) bond motifs is 1. The zero-order chi connectivity index (χ0) is 18.6. The van der Waals surface area contributed by atoms with E-state index in [1.54, 1.807) is 0 Å². The highest BCUT2D eigenvalue weighted by Gasteiger charge is 2.23. The second-order valence-corrected chi connectivity index (χ2v) is 7.59. The maximum atomic E-state index is 12.7. The maximum absolute atomic E-state index is 12.7. The Bertz CT molecular complexity index is 894. The summed E-state index contributed by atoms with van der Waals surface area (Å²) in [7, 11) is 0. The lowest BCUT2D eigenvalue weighted by atomic mass is 10.2. The number of amides is 2. The van der Waals surface area contributed by atoms with Crippen molar-refractivity contribution >= 4 is 34.1 Å². The van der Waals surface area contributed by atoms with Crippen molar-refractivity contribution < 1.29 is 9.59 Å². The first-order valence-corrected chi connectivity index (χ1v) is 10.00. The van der Waals surface area contributed by atoms with Gasteiger partial charge in [0.1, 0.15) is 5.69 Å². The lowest BCUT2D eigenvalue weighted by Crippen LogP contribution is -2.50. The molecule has 6 nitrogen and oxygen atoms in total. The predicted octanol–water partition coefficient (Wildman–Crippen LogP) is 2.42. The summed E-state index contributed by atoms with van der Waals surface area (Å²) < 4.78 is 0. The molecule has 0 spiro atoms. The summed E-state index contributed by atoms with van der Waals surface area (Å²) in [4.78, 5) is 32.8. The third kappa shape index (κ3) is 4.04. The topological polar surface area (TPSA) is 68.4 Å². The molecule has 4 rings (SSSR count). The number of aromatic amines is 1. The van der Waals surface area contributed by atoms with Crippen molar-refractivity contribution in [3.8, 4) is 0 Å². The molecule has 1 fully saturated rings. The minimum atomic E-state index is -0.0161. The molecule has 1 aliphatic rings. The smallest absolute Gasteiger partial charge is 0.270 e. The SMILES string of the molecule is O=C(NCCN1CCN(C(=O)c2cc3ccccc3[nH]2)CC1)c1cccs1. The summed E-state index contributed by atoms with van der Waals surface area (Å²) in [6.07, 6.45) is 0. The number of nitrogens with zero attached hydrogens (tertiary/aromatic N) is 2. The first-order chi connectivity index (χ1) is 13.2. The Morgan fingerprint density at radius 3 is 2.63 bits per heavy atom. The molecular formula is C20H22N4O2S. The highest BCUT2D eigenvalue weighted by molar-refractivity contribution is 7.12. The quantitative estimate of drug-likeness (QED) is 0.712. The van der Waals surface area contributed by atoms with Gasteiger partial charge in [-0.15, -0.1) is 11.3 Å². The molecule has 27 heavy (non-hydrogen) atoms. The van der Waals surface area contributed by atoms with Gasteiger partial charge in [-0.1, -0.05) is 24.3 Å². The molecule has 140 valence electrons. The zero-order valence-electron chi connectivity index (χ0n) is 15.0. The van der Waals surface area contributed by atoms with E-state index in [-0.39, 0.29) is 11.8 Å². The van der Waals surface area contributed by atoms with Gasteiger partial charge in [-0.25, -0.2) is 0 Å². The predicted molar refractivity (Wildman–Crippen MR) is 107 cm³/mol. The Hall–Kier alpha value is -2.64. The summed E-state index contributed by atoms with van der Waals surface area (Å²) in [6, 6.07) is 13.5. The first kappa shape index (κ1) is 17.8. The van der Waals surface area contributed by atoms with Gasteiger partial charge in [0.05, 0.1) is 4.88 Å². The largest absolute Gasteiger partial charge is 0.351 e. The molecule has 0 aliphatic carbocycles. The minimum absolute atomic E-state index is 0.0161. The number of carbonyl (C=O) groups is 2. The number of hydrogen-bond donors (Lipinski definition) is 2. The number of aromatic nitrogens is 1. The Balaban J connectivity index is 1.25. The van der Waals surface area contributed by atoms with Crippen LogP contribution >= 0.6 is 11.3 Å². The summed E-state index contributed by atoms with van der Waals surface area (Å²) in [5.41, 5.74) is 1.63. The van der Waals surface area contributed by atoms with Crippen LogP contribution in [-0.4, -0.2) is 65.9 Å². The Kier molecular flexibility index (Phi) is 5.22.